The zero-order chi connectivity index (χ0) is 21.9. The molecule has 0 aromatic heterocycles. The van der Waals surface area contributed by atoms with E-state index in [0.29, 0.717) is 0 Å². The zero-order valence-corrected chi connectivity index (χ0v) is 18.9. The van der Waals surface area contributed by atoms with Gasteiger partial charge in [0.1, 0.15) is 9.79 Å². The van der Waals surface area contributed by atoms with E-state index < -0.39 is 9.62 Å². The van der Waals surface area contributed by atoms with E-state index in [2.05, 4.69) is 103 Å². The molecule has 0 saturated carbocycles. The first kappa shape index (κ1) is 24.9. The van der Waals surface area contributed by atoms with Crippen molar-refractivity contribution in [2.24, 2.45) is 0 Å². The van der Waals surface area contributed by atoms with Crippen LogP contribution >= 0.6 is 0 Å². The van der Waals surface area contributed by atoms with Crippen molar-refractivity contribution < 1.29 is 0 Å². The summed E-state index contributed by atoms with van der Waals surface area (Å²) in [6.45, 7) is 10.5. The van der Waals surface area contributed by atoms with Crippen LogP contribution in [0, 0.1) is 0 Å². The van der Waals surface area contributed by atoms with E-state index in [4.69, 9.17) is 0 Å². The Morgan fingerprint density at radius 2 is 0.867 bits per heavy atom. The van der Waals surface area contributed by atoms with Crippen LogP contribution in [0.25, 0.3) is 0 Å². The Kier molecular flexibility index (Phi) is 13.0. The fraction of sp³-hybridized carbons (Fsp3) is 0.0690. The van der Waals surface area contributed by atoms with E-state index in [1.54, 1.807) is 12.2 Å². The van der Waals surface area contributed by atoms with Crippen LogP contribution in [0.1, 0.15) is 13.8 Å². The summed E-state index contributed by atoms with van der Waals surface area (Å²) in [4.78, 5) is 2.77. The topological polar surface area (TPSA) is 0 Å². The van der Waals surface area contributed by atoms with Crippen molar-refractivity contribution in [3.8, 4) is 0 Å². The molecule has 1 aliphatic heterocycles. The molecule has 0 amide bonds. The molecule has 0 nitrogen and oxygen atoms in total. The van der Waals surface area contributed by atoms with Gasteiger partial charge in [-0.2, -0.15) is 0 Å². The summed E-state index contributed by atoms with van der Waals surface area (Å²) in [6.07, 6.45) is 9.92. The predicted octanol–water partition coefficient (Wildman–Crippen LogP) is 8.22. The van der Waals surface area contributed by atoms with E-state index in [1.165, 1.54) is 9.79 Å². The molecule has 0 spiro atoms. The molecule has 0 aliphatic carbocycles. The lowest BCUT2D eigenvalue weighted by molar-refractivity contribution is 1.38. The highest BCUT2D eigenvalue weighted by molar-refractivity contribution is 8.15. The van der Waals surface area contributed by atoms with Gasteiger partial charge in [-0.25, -0.2) is 0 Å². The Balaban J connectivity index is 0.000000310. The Labute approximate surface area is 184 Å². The Morgan fingerprint density at radius 3 is 1.17 bits per heavy atom. The van der Waals surface area contributed by atoms with Crippen LogP contribution in [0.3, 0.4) is 0 Å². The van der Waals surface area contributed by atoms with Gasteiger partial charge in [0.05, 0.1) is 10.8 Å². The van der Waals surface area contributed by atoms with Gasteiger partial charge in [-0.3, -0.25) is 0 Å². The highest BCUT2D eigenvalue weighted by Crippen LogP contribution is 2.32. The summed E-state index contributed by atoms with van der Waals surface area (Å²) < 4.78 is 0. The largest absolute Gasteiger partial charge is 0.128 e. The van der Waals surface area contributed by atoms with Gasteiger partial charge in [-0.15, -0.1) is 13.2 Å². The molecule has 154 valence electrons. The van der Waals surface area contributed by atoms with Crippen LogP contribution < -0.4 is 0 Å². The second-order valence-electron chi connectivity index (χ2n) is 6.16. The normalized spacial score (nSPS) is 12.2. The maximum atomic E-state index is 3.36. The van der Waals surface area contributed by atoms with Crippen molar-refractivity contribution in [3.63, 3.8) is 0 Å². The van der Waals surface area contributed by atoms with E-state index in [9.17, 15) is 0 Å². The van der Waals surface area contributed by atoms with Gasteiger partial charge in [0, 0.05) is 0 Å². The number of allylic oxidation sites excluding steroid dienone is 5. The third kappa shape index (κ3) is 8.46. The summed E-state index contributed by atoms with van der Waals surface area (Å²) >= 11 is 0. The second kappa shape index (κ2) is 15.7. The van der Waals surface area contributed by atoms with Crippen LogP contribution in [0.2, 0.25) is 0 Å². The fourth-order valence-corrected chi connectivity index (χ4v) is 5.46. The minimum absolute atomic E-state index is 1.15. The first-order valence-electron chi connectivity index (χ1n) is 10.0. The van der Waals surface area contributed by atoms with Gasteiger partial charge in [-0.1, -0.05) is 91.0 Å². The lowest BCUT2D eigenvalue weighted by Gasteiger charge is -2.17. The van der Waals surface area contributed by atoms with Gasteiger partial charge in [0.15, 0.2) is 0 Å². The monoisotopic (exact) mass is 413 g/mol. The second-order valence-corrected chi connectivity index (χ2v) is 9.06. The number of rotatable bonds is 2. The van der Waals surface area contributed by atoms with Gasteiger partial charge >= 0.3 is 0 Å². The van der Waals surface area contributed by atoms with E-state index >= 15 is 0 Å². The third-order valence-corrected chi connectivity index (χ3v) is 7.02. The quantitative estimate of drug-likeness (QED) is 0.225. The van der Waals surface area contributed by atoms with E-state index in [1.807, 2.05) is 50.2 Å². The fourth-order valence-electron chi connectivity index (χ4n) is 2.57. The summed E-state index contributed by atoms with van der Waals surface area (Å²) in [5, 5.41) is 4.69. The SMILES string of the molecule is C1=CC=[S+](c2ccccc2)(c2ccccc2)C=C1.C=CC.C=CC.c1ccccc1. The average molecular weight is 414 g/mol. The molecule has 1 heteroatoms. The molecule has 3 aromatic rings. The molecule has 1 aliphatic rings. The lowest BCUT2D eigenvalue weighted by atomic mass is 10.4. The Hall–Kier alpha value is -3.16. The molecule has 0 radical (unpaired) electrons. The van der Waals surface area contributed by atoms with Gasteiger partial charge in [-0.05, 0) is 59.9 Å². The summed E-state index contributed by atoms with van der Waals surface area (Å²) in [7, 11) is -1.15. The molecule has 0 unspecified atom stereocenters. The molecule has 0 N–H and O–H groups in total. The lowest BCUT2D eigenvalue weighted by Crippen LogP contribution is -2.13. The smallest absolute Gasteiger partial charge is 0.103 e. The molecule has 4 rings (SSSR count). The predicted molar refractivity (Wildman–Crippen MR) is 139 cm³/mol. The maximum Gasteiger partial charge on any atom is 0.128 e. The Bertz CT molecular complexity index is 857. The molecule has 0 saturated heterocycles. The van der Waals surface area contributed by atoms with Crippen molar-refractivity contribution >= 4 is 15.0 Å². The molecule has 3 aromatic carbocycles. The van der Waals surface area contributed by atoms with E-state index in [0.717, 1.165) is 0 Å². The van der Waals surface area contributed by atoms with E-state index in [-0.39, 0.29) is 0 Å². The molecule has 1 heterocycles. The molecule has 0 bridgehead atoms. The van der Waals surface area contributed by atoms with Crippen molar-refractivity contribution in [2.75, 3.05) is 0 Å². The number of hydrogen-bond donors (Lipinski definition) is 0. The number of benzene rings is 3. The summed E-state index contributed by atoms with van der Waals surface area (Å²) in [5.41, 5.74) is 0. The Morgan fingerprint density at radius 1 is 0.533 bits per heavy atom. The highest BCUT2D eigenvalue weighted by Gasteiger charge is 2.26. The van der Waals surface area contributed by atoms with Crippen LogP contribution in [0.15, 0.2) is 156 Å². The summed E-state index contributed by atoms with van der Waals surface area (Å²) in [6, 6.07) is 33.5. The minimum Gasteiger partial charge on any atom is -0.103 e. The average Bonchev–Trinajstić information content (AvgIpc) is 2.83. The van der Waals surface area contributed by atoms with Gasteiger partial charge < -0.3 is 0 Å². The molecular formula is C29H33S+. The number of hydrogen-bond acceptors (Lipinski definition) is 0. The molecule has 0 atom stereocenters. The summed E-state index contributed by atoms with van der Waals surface area (Å²) in [5.74, 6) is 0. The van der Waals surface area contributed by atoms with Crippen molar-refractivity contribution in [3.05, 3.63) is 146 Å². The first-order chi connectivity index (χ1) is 14.7. The van der Waals surface area contributed by atoms with Crippen LogP contribution in [0.4, 0.5) is 0 Å². The third-order valence-electron chi connectivity index (χ3n) is 3.74. The van der Waals surface area contributed by atoms with Crippen LogP contribution in [-0.2, 0) is 9.62 Å². The maximum absolute atomic E-state index is 3.36. The standard InChI is InChI=1S/C17H15S.C6H6.2C3H6/c1-4-10-16(11-5-1)18(14-8-3-9-15-18)17-12-6-2-7-13-17;1-2-4-6-5-3-1;2*1-3-2/h1-15H;1-6H;2*3H,1H2,2H3/q+1;;;. The van der Waals surface area contributed by atoms with Crippen molar-refractivity contribution in [1.29, 1.82) is 0 Å². The van der Waals surface area contributed by atoms with Crippen LogP contribution in [0.5, 0.6) is 0 Å². The van der Waals surface area contributed by atoms with Gasteiger partial charge in [0.2, 0.25) is 0 Å². The van der Waals surface area contributed by atoms with Crippen molar-refractivity contribution in [1.82, 2.24) is 0 Å². The van der Waals surface area contributed by atoms with Crippen LogP contribution in [-0.4, -0.2) is 5.37 Å². The zero-order valence-electron chi connectivity index (χ0n) is 18.1. The minimum atomic E-state index is -1.15. The molecule has 30 heavy (non-hydrogen) atoms. The molecule has 0 fully saturated rings. The highest BCUT2D eigenvalue weighted by atomic mass is 32.2. The van der Waals surface area contributed by atoms with Crippen molar-refractivity contribution in [2.45, 2.75) is 23.6 Å². The first-order valence-corrected chi connectivity index (χ1v) is 11.8. The molecular weight excluding hydrogens is 380 g/mol. The van der Waals surface area contributed by atoms with Gasteiger partial charge in [0.25, 0.3) is 0 Å².